The van der Waals surface area contributed by atoms with Crippen molar-refractivity contribution < 1.29 is 19.5 Å². The first kappa shape index (κ1) is 16.1. The molecule has 1 aromatic heterocycles. The molecule has 1 saturated heterocycles. The molecule has 21 heavy (non-hydrogen) atoms. The number of aromatic nitrogens is 2. The van der Waals surface area contributed by atoms with Gasteiger partial charge in [-0.05, 0) is 13.3 Å². The fourth-order valence-electron chi connectivity index (χ4n) is 2.62. The number of rotatable bonds is 4. The van der Waals surface area contributed by atoms with Gasteiger partial charge >= 0.3 is 13.3 Å². The van der Waals surface area contributed by atoms with Gasteiger partial charge in [0.25, 0.3) is 5.56 Å². The molecule has 2 atom stereocenters. The lowest BCUT2D eigenvalue weighted by Crippen LogP contribution is -2.35. The molecule has 0 saturated carbocycles. The second kappa shape index (κ2) is 5.86. The van der Waals surface area contributed by atoms with Crippen molar-refractivity contribution in [2.24, 2.45) is 0 Å². The predicted molar refractivity (Wildman–Crippen MR) is 74.2 cm³/mol. The van der Waals surface area contributed by atoms with Crippen LogP contribution in [0, 0.1) is 6.92 Å². The molecule has 0 radical (unpaired) electrons. The Kier molecular flexibility index (Phi) is 4.50. The molecule has 1 aliphatic heterocycles. The number of aryl methyl sites for hydroxylation is 1. The molecular formula is C11H18N3O6P. The summed E-state index contributed by atoms with van der Waals surface area (Å²) in [5.74, 6) is 0. The van der Waals surface area contributed by atoms with Gasteiger partial charge in [-0.25, -0.2) is 4.79 Å². The maximum atomic E-state index is 11.8. The number of aromatic amines is 1. The summed E-state index contributed by atoms with van der Waals surface area (Å²) in [6.07, 6.45) is 1.34. The average Bonchev–Trinajstić information content (AvgIpc) is 2.74. The van der Waals surface area contributed by atoms with Gasteiger partial charge in [-0.2, -0.15) is 0 Å². The van der Waals surface area contributed by atoms with Gasteiger partial charge in [0.2, 0.25) is 0 Å². The summed E-state index contributed by atoms with van der Waals surface area (Å²) in [6, 6.07) is -0.779. The van der Waals surface area contributed by atoms with Crippen LogP contribution in [-0.2, 0) is 4.57 Å². The molecule has 0 aliphatic carbocycles. The van der Waals surface area contributed by atoms with Crippen molar-refractivity contribution in [1.82, 2.24) is 14.5 Å². The number of nitrogens with one attached hydrogen (secondary N) is 1. The first-order valence-electron chi connectivity index (χ1n) is 6.43. The molecule has 0 aromatic carbocycles. The first-order valence-corrected chi connectivity index (χ1v) is 8.22. The van der Waals surface area contributed by atoms with E-state index in [2.05, 4.69) is 4.98 Å². The highest BCUT2D eigenvalue weighted by molar-refractivity contribution is 7.51. The van der Waals surface area contributed by atoms with Crippen LogP contribution in [-0.4, -0.2) is 54.8 Å². The number of nitrogens with zero attached hydrogens (tertiary/aromatic N) is 2. The molecule has 118 valence electrons. The van der Waals surface area contributed by atoms with E-state index < -0.39 is 31.2 Å². The van der Waals surface area contributed by atoms with Gasteiger partial charge in [0.1, 0.15) is 6.29 Å². The van der Waals surface area contributed by atoms with Gasteiger partial charge in [-0.15, -0.1) is 0 Å². The molecule has 1 fully saturated rings. The van der Waals surface area contributed by atoms with Crippen LogP contribution in [0.15, 0.2) is 15.8 Å². The maximum Gasteiger partial charge on any atom is 0.339 e. The van der Waals surface area contributed by atoms with E-state index in [4.69, 9.17) is 9.79 Å². The molecule has 1 aromatic rings. The highest BCUT2D eigenvalue weighted by Gasteiger charge is 2.36. The molecule has 4 N–H and O–H groups in total. The van der Waals surface area contributed by atoms with E-state index in [0.29, 0.717) is 12.0 Å². The summed E-state index contributed by atoms with van der Waals surface area (Å²) in [5.41, 5.74) is -0.645. The van der Waals surface area contributed by atoms with E-state index in [9.17, 15) is 19.3 Å². The van der Waals surface area contributed by atoms with Crippen molar-refractivity contribution in [1.29, 1.82) is 0 Å². The fraction of sp³-hybridized carbons (Fsp3) is 0.636. The molecule has 1 aliphatic rings. The van der Waals surface area contributed by atoms with Gasteiger partial charge in [-0.1, -0.05) is 0 Å². The Bertz CT molecular complexity index is 677. The fourth-order valence-corrected chi connectivity index (χ4v) is 3.44. The van der Waals surface area contributed by atoms with Gasteiger partial charge in [-0.3, -0.25) is 23.8 Å². The average molecular weight is 319 g/mol. The second-order valence-electron chi connectivity index (χ2n) is 5.28. The smallest absolute Gasteiger partial charge is 0.339 e. The van der Waals surface area contributed by atoms with Crippen molar-refractivity contribution in [3.63, 3.8) is 0 Å². The molecule has 10 heteroatoms. The number of aliphatic hydroxyl groups excluding tert-OH is 1. The van der Waals surface area contributed by atoms with E-state index in [0.717, 1.165) is 0 Å². The van der Waals surface area contributed by atoms with Crippen LogP contribution in [0.3, 0.4) is 0 Å². The topological polar surface area (TPSA) is 136 Å². The molecule has 9 nitrogen and oxygen atoms in total. The quantitative estimate of drug-likeness (QED) is 0.500. The summed E-state index contributed by atoms with van der Waals surface area (Å²) in [7, 11) is -4.24. The summed E-state index contributed by atoms with van der Waals surface area (Å²) in [4.78, 5) is 45.0. The summed E-state index contributed by atoms with van der Waals surface area (Å²) >= 11 is 0. The zero-order chi connectivity index (χ0) is 15.8. The molecule has 0 spiro atoms. The normalized spacial score (nSPS) is 23.6. The lowest BCUT2D eigenvalue weighted by Gasteiger charge is -2.22. The van der Waals surface area contributed by atoms with Crippen LogP contribution in [0.1, 0.15) is 18.0 Å². The van der Waals surface area contributed by atoms with Crippen LogP contribution in [0.4, 0.5) is 0 Å². The van der Waals surface area contributed by atoms with Crippen LogP contribution in [0.25, 0.3) is 0 Å². The van der Waals surface area contributed by atoms with E-state index in [1.54, 1.807) is 6.92 Å². The van der Waals surface area contributed by atoms with Gasteiger partial charge in [0, 0.05) is 24.3 Å². The minimum Gasteiger partial charge on any atom is -0.395 e. The summed E-state index contributed by atoms with van der Waals surface area (Å²) in [5, 5.41) is 9.33. The molecule has 0 amide bonds. The monoisotopic (exact) mass is 319 g/mol. The van der Waals surface area contributed by atoms with Crippen molar-refractivity contribution in [2.45, 2.75) is 25.4 Å². The Morgan fingerprint density at radius 1 is 1.43 bits per heavy atom. The Labute approximate surface area is 120 Å². The highest BCUT2D eigenvalue weighted by atomic mass is 31.2. The van der Waals surface area contributed by atoms with Crippen LogP contribution < -0.4 is 11.2 Å². The van der Waals surface area contributed by atoms with Crippen LogP contribution in [0.5, 0.6) is 0 Å². The third-order valence-electron chi connectivity index (χ3n) is 3.62. The largest absolute Gasteiger partial charge is 0.395 e. The van der Waals surface area contributed by atoms with E-state index in [1.165, 1.54) is 15.7 Å². The summed E-state index contributed by atoms with van der Waals surface area (Å²) < 4.78 is 12.5. The van der Waals surface area contributed by atoms with E-state index in [-0.39, 0.29) is 19.2 Å². The van der Waals surface area contributed by atoms with E-state index >= 15 is 0 Å². The minimum absolute atomic E-state index is 0.224. The van der Waals surface area contributed by atoms with Gasteiger partial charge in [0.15, 0.2) is 0 Å². The first-order chi connectivity index (χ1) is 9.71. The zero-order valence-corrected chi connectivity index (χ0v) is 12.4. The molecule has 0 bridgehead atoms. The standard InChI is InChI=1S/C11H18N3O6P/c1-7-3-14(11(17)12-10(7)16)8-2-9(5-15)13(4-8)6-21(18,19)20/h3,8-9,15H,2,4-6H2,1H3,(H,12,16,17)(H2,18,19,20)/t8-,9-/m0/s1. The molecule has 0 unspecified atom stereocenters. The SMILES string of the molecule is Cc1cn([C@H]2C[C@@H](CO)N(CP(=O)(O)O)C2)c(=O)[nH]c1=O. The van der Waals surface area contributed by atoms with Crippen molar-refractivity contribution in [3.05, 3.63) is 32.6 Å². The van der Waals surface area contributed by atoms with E-state index in [1.807, 2.05) is 0 Å². The molecular weight excluding hydrogens is 301 g/mol. The Morgan fingerprint density at radius 3 is 2.67 bits per heavy atom. The van der Waals surface area contributed by atoms with Crippen LogP contribution >= 0.6 is 7.60 Å². The predicted octanol–water partition coefficient (Wildman–Crippen LogP) is -1.41. The van der Waals surface area contributed by atoms with Crippen molar-refractivity contribution in [3.8, 4) is 0 Å². The Balaban J connectivity index is 2.27. The summed E-state index contributed by atoms with van der Waals surface area (Å²) in [6.45, 7) is 1.54. The number of aliphatic hydroxyl groups is 1. The zero-order valence-electron chi connectivity index (χ0n) is 11.5. The van der Waals surface area contributed by atoms with Crippen molar-refractivity contribution >= 4 is 7.60 Å². The third-order valence-corrected chi connectivity index (χ3v) is 4.35. The second-order valence-corrected chi connectivity index (χ2v) is 6.89. The van der Waals surface area contributed by atoms with Gasteiger partial charge in [0.05, 0.1) is 12.6 Å². The van der Waals surface area contributed by atoms with Crippen LogP contribution in [0.2, 0.25) is 0 Å². The highest BCUT2D eigenvalue weighted by Crippen LogP contribution is 2.39. The number of H-pyrrole nitrogens is 1. The lowest BCUT2D eigenvalue weighted by atomic mass is 10.2. The Morgan fingerprint density at radius 2 is 2.10 bits per heavy atom. The number of hydrogen-bond acceptors (Lipinski definition) is 5. The Hall–Kier alpha value is -1.25. The maximum absolute atomic E-state index is 11.8. The number of hydrogen-bond donors (Lipinski definition) is 4. The molecule has 2 heterocycles. The minimum atomic E-state index is -4.24. The van der Waals surface area contributed by atoms with Crippen molar-refractivity contribution in [2.75, 3.05) is 19.4 Å². The van der Waals surface area contributed by atoms with Gasteiger partial charge < -0.3 is 14.9 Å². The molecule has 2 rings (SSSR count). The number of likely N-dealkylation sites (tertiary alicyclic amines) is 1. The third kappa shape index (κ3) is 3.69. The lowest BCUT2D eigenvalue weighted by molar-refractivity contribution is 0.168.